The molecule has 0 amide bonds. The molecule has 6 rings (SSSR count). The summed E-state index contributed by atoms with van der Waals surface area (Å²) in [5, 5.41) is 0. The van der Waals surface area contributed by atoms with Crippen molar-refractivity contribution in [2.75, 3.05) is 19.6 Å². The number of ether oxygens (including phenoxy) is 1. The van der Waals surface area contributed by atoms with Crippen LogP contribution in [0.2, 0.25) is 0 Å². The third-order valence-corrected chi connectivity index (χ3v) is 7.63. The number of aryl methyl sites for hydroxylation is 1. The second-order valence-corrected chi connectivity index (χ2v) is 8.40. The predicted octanol–water partition coefficient (Wildman–Crippen LogP) is 3.11. The molecule has 4 aliphatic heterocycles. The number of pyridine rings is 1. The van der Waals surface area contributed by atoms with Crippen LogP contribution in [0.25, 0.3) is 0 Å². The van der Waals surface area contributed by atoms with E-state index in [1.165, 1.54) is 43.6 Å². The van der Waals surface area contributed by atoms with Crippen molar-refractivity contribution in [1.29, 1.82) is 0 Å². The summed E-state index contributed by atoms with van der Waals surface area (Å²) < 4.78 is 7.79. The van der Waals surface area contributed by atoms with E-state index in [0.29, 0.717) is 11.8 Å². The highest BCUT2D eigenvalue weighted by Crippen LogP contribution is 2.56. The molecule has 5 heterocycles. The average molecular weight is 349 g/mol. The molecule has 4 fully saturated rings. The van der Waals surface area contributed by atoms with Gasteiger partial charge in [0, 0.05) is 47.9 Å². The van der Waals surface area contributed by atoms with Crippen LogP contribution in [0.4, 0.5) is 0 Å². The van der Waals surface area contributed by atoms with Crippen LogP contribution < -0.4 is 4.74 Å². The van der Waals surface area contributed by atoms with Gasteiger partial charge in [0.15, 0.2) is 0 Å². The molecule has 0 radical (unpaired) electrons. The molecule has 3 saturated heterocycles. The van der Waals surface area contributed by atoms with Gasteiger partial charge in [0.05, 0.1) is 5.69 Å². The van der Waals surface area contributed by atoms with Crippen LogP contribution in [0, 0.1) is 31.6 Å². The third kappa shape index (κ3) is 1.56. The maximum absolute atomic E-state index is 6.63. The summed E-state index contributed by atoms with van der Waals surface area (Å²) in [6.07, 6.45) is 3.80. The predicted molar refractivity (Wildman–Crippen MR) is 84.6 cm³/mol. The first-order valence-corrected chi connectivity index (χ1v) is 8.93. The smallest absolute Gasteiger partial charge is 0.217 e. The van der Waals surface area contributed by atoms with Gasteiger partial charge in [-0.05, 0) is 54.1 Å². The van der Waals surface area contributed by atoms with Crippen LogP contribution in [-0.2, 0) is 6.42 Å². The quantitative estimate of drug-likeness (QED) is 0.720. The Morgan fingerprint density at radius 2 is 1.90 bits per heavy atom. The maximum atomic E-state index is 6.63. The number of piperidine rings is 3. The Kier molecular flexibility index (Phi) is 2.47. The van der Waals surface area contributed by atoms with Crippen molar-refractivity contribution in [2.45, 2.75) is 38.7 Å². The van der Waals surface area contributed by atoms with E-state index in [4.69, 9.17) is 9.72 Å². The van der Waals surface area contributed by atoms with Gasteiger partial charge in [-0.25, -0.2) is 4.98 Å². The minimum Gasteiger partial charge on any atom is -0.470 e. The van der Waals surface area contributed by atoms with Crippen LogP contribution in [-0.4, -0.2) is 35.1 Å². The van der Waals surface area contributed by atoms with Crippen molar-refractivity contribution in [3.05, 3.63) is 21.3 Å². The summed E-state index contributed by atoms with van der Waals surface area (Å²) in [5.74, 6) is 3.26. The van der Waals surface area contributed by atoms with Crippen molar-refractivity contribution in [1.82, 2.24) is 9.88 Å². The molecular weight excluding hydrogens is 328 g/mol. The number of rotatable bonds is 0. The topological polar surface area (TPSA) is 25.4 Å². The largest absolute Gasteiger partial charge is 0.470 e. The summed E-state index contributed by atoms with van der Waals surface area (Å²) in [4.78, 5) is 7.41. The summed E-state index contributed by atoms with van der Waals surface area (Å²) in [6.45, 7) is 8.08. The van der Waals surface area contributed by atoms with E-state index >= 15 is 0 Å². The molecule has 0 N–H and O–H groups in total. The first-order chi connectivity index (χ1) is 10.1. The first-order valence-electron chi connectivity index (χ1n) is 8.14. The number of aromatic nitrogens is 1. The van der Waals surface area contributed by atoms with Crippen LogP contribution in [0.15, 0.2) is 4.47 Å². The lowest BCUT2D eigenvalue weighted by Crippen LogP contribution is -2.68. The van der Waals surface area contributed by atoms with Gasteiger partial charge < -0.3 is 9.64 Å². The van der Waals surface area contributed by atoms with E-state index < -0.39 is 0 Å². The van der Waals surface area contributed by atoms with Gasteiger partial charge in [-0.15, -0.1) is 0 Å². The van der Waals surface area contributed by atoms with Crippen molar-refractivity contribution in [3.8, 4) is 5.88 Å². The zero-order valence-corrected chi connectivity index (χ0v) is 14.2. The van der Waals surface area contributed by atoms with Gasteiger partial charge in [0.25, 0.3) is 0 Å². The lowest BCUT2D eigenvalue weighted by atomic mass is 9.58. The standard InChI is InChI=1S/C17H21BrN2O/c1-9-14-5-17(21-16(14)19-10(2)15(9)18)12-3-11-4-13(17)8-20(6-11)7-12/h11-13H,3-8H2,1-2H3. The lowest BCUT2D eigenvalue weighted by Gasteiger charge is -2.60. The molecule has 2 atom stereocenters. The van der Waals surface area contributed by atoms with Crippen LogP contribution in [0.3, 0.4) is 0 Å². The van der Waals surface area contributed by atoms with E-state index in [1.807, 2.05) is 0 Å². The number of nitrogens with zero attached hydrogens (tertiary/aromatic N) is 2. The molecular formula is C17H21BrN2O. The Labute approximate surface area is 134 Å². The minimum absolute atomic E-state index is 0.0563. The van der Waals surface area contributed by atoms with E-state index in [2.05, 4.69) is 34.7 Å². The van der Waals surface area contributed by atoms with Crippen molar-refractivity contribution in [2.24, 2.45) is 17.8 Å². The van der Waals surface area contributed by atoms with Gasteiger partial charge >= 0.3 is 0 Å². The van der Waals surface area contributed by atoms with Crippen molar-refractivity contribution < 1.29 is 4.74 Å². The Balaban J connectivity index is 1.60. The van der Waals surface area contributed by atoms with Crippen LogP contribution in [0.1, 0.15) is 29.7 Å². The molecule has 21 heavy (non-hydrogen) atoms. The fraction of sp³-hybridized carbons (Fsp3) is 0.706. The van der Waals surface area contributed by atoms with Gasteiger partial charge in [0.1, 0.15) is 5.60 Å². The molecule has 1 aliphatic carbocycles. The molecule has 1 spiro atoms. The van der Waals surface area contributed by atoms with Gasteiger partial charge in [-0.1, -0.05) is 0 Å². The fourth-order valence-electron chi connectivity index (χ4n) is 5.53. The molecule has 1 aromatic heterocycles. The Morgan fingerprint density at radius 3 is 2.57 bits per heavy atom. The lowest BCUT2D eigenvalue weighted by molar-refractivity contribution is -0.159. The van der Waals surface area contributed by atoms with Crippen LogP contribution >= 0.6 is 15.9 Å². The summed E-state index contributed by atoms with van der Waals surface area (Å²) in [7, 11) is 0. The van der Waals surface area contributed by atoms with E-state index in [9.17, 15) is 0 Å². The normalized spacial score (nSPS) is 42.4. The van der Waals surface area contributed by atoms with Gasteiger partial charge in [-0.2, -0.15) is 0 Å². The second-order valence-electron chi connectivity index (χ2n) is 7.60. The number of fused-ring (bicyclic) bond motifs is 1. The zero-order valence-electron chi connectivity index (χ0n) is 12.7. The molecule has 1 aromatic rings. The zero-order chi connectivity index (χ0) is 14.4. The van der Waals surface area contributed by atoms with Crippen molar-refractivity contribution >= 4 is 15.9 Å². The highest BCUT2D eigenvalue weighted by molar-refractivity contribution is 9.10. The summed E-state index contributed by atoms with van der Waals surface area (Å²) in [6, 6.07) is 0. The molecule has 0 aromatic carbocycles. The van der Waals surface area contributed by atoms with Gasteiger partial charge in [-0.3, -0.25) is 0 Å². The average Bonchev–Trinajstić information content (AvgIpc) is 2.82. The fourth-order valence-corrected chi connectivity index (χ4v) is 5.85. The second kappa shape index (κ2) is 4.02. The van der Waals surface area contributed by atoms with Gasteiger partial charge in [0.2, 0.25) is 5.88 Å². The molecule has 3 nitrogen and oxygen atoms in total. The molecule has 4 heteroatoms. The molecule has 112 valence electrons. The van der Waals surface area contributed by atoms with E-state index in [1.54, 1.807) is 0 Å². The summed E-state index contributed by atoms with van der Waals surface area (Å²) in [5.41, 5.74) is 3.80. The summed E-state index contributed by atoms with van der Waals surface area (Å²) >= 11 is 3.70. The molecule has 2 unspecified atom stereocenters. The molecule has 1 saturated carbocycles. The number of hydrogen-bond donors (Lipinski definition) is 0. The highest BCUT2D eigenvalue weighted by Gasteiger charge is 2.61. The third-order valence-electron chi connectivity index (χ3n) is 6.46. The van der Waals surface area contributed by atoms with Crippen LogP contribution in [0.5, 0.6) is 5.88 Å². The van der Waals surface area contributed by atoms with Crippen molar-refractivity contribution in [3.63, 3.8) is 0 Å². The van der Waals surface area contributed by atoms with E-state index in [-0.39, 0.29) is 5.60 Å². The monoisotopic (exact) mass is 348 g/mol. The Morgan fingerprint density at radius 1 is 1.19 bits per heavy atom. The molecule has 4 bridgehead atoms. The number of halogens is 1. The first kappa shape index (κ1) is 12.9. The number of hydrogen-bond acceptors (Lipinski definition) is 3. The Bertz CT molecular complexity index is 614. The highest BCUT2D eigenvalue weighted by atomic mass is 79.9. The Hall–Kier alpha value is -0.610. The molecule has 5 aliphatic rings. The maximum Gasteiger partial charge on any atom is 0.217 e. The minimum atomic E-state index is 0.0563. The SMILES string of the molecule is Cc1nc2c(c(C)c1Br)CC1(O2)C2CC3CC1CN(C3)C2. The van der Waals surface area contributed by atoms with E-state index in [0.717, 1.165) is 28.4 Å².